The van der Waals surface area contributed by atoms with Gasteiger partial charge in [-0.3, -0.25) is 24.5 Å². The van der Waals surface area contributed by atoms with E-state index in [2.05, 4.69) is 10.00 Å². The predicted molar refractivity (Wildman–Crippen MR) is 101 cm³/mol. The summed E-state index contributed by atoms with van der Waals surface area (Å²) >= 11 is 0. The number of hydrogen-bond acceptors (Lipinski definition) is 5. The number of rotatable bonds is 5. The molecular weight excluding hydrogens is 346 g/mol. The summed E-state index contributed by atoms with van der Waals surface area (Å²) in [5.74, 6) is 0.779. The van der Waals surface area contributed by atoms with Gasteiger partial charge in [-0.25, -0.2) is 0 Å². The minimum absolute atomic E-state index is 0.0865. The lowest BCUT2D eigenvalue weighted by molar-refractivity contribution is -0.384. The second-order valence-corrected chi connectivity index (χ2v) is 7.64. The van der Waals surface area contributed by atoms with E-state index in [9.17, 15) is 14.9 Å². The van der Waals surface area contributed by atoms with Gasteiger partial charge in [0.05, 0.1) is 23.3 Å². The Morgan fingerprint density at radius 3 is 2.63 bits per heavy atom. The number of non-ortho nitro benzene ring substituents is 1. The van der Waals surface area contributed by atoms with Gasteiger partial charge in [-0.15, -0.1) is 0 Å². The Bertz CT molecular complexity index is 835. The Hall–Kier alpha value is -2.48. The number of carbonyl (C=O) groups is 1. The zero-order chi connectivity index (χ0) is 18.8. The molecule has 1 aromatic heterocycles. The molecule has 8 heteroatoms. The van der Waals surface area contributed by atoms with Crippen molar-refractivity contribution in [3.05, 3.63) is 34.5 Å². The number of hydrogen-bond donors (Lipinski definition) is 0. The van der Waals surface area contributed by atoms with E-state index in [1.54, 1.807) is 18.3 Å². The lowest BCUT2D eigenvalue weighted by Crippen LogP contribution is -2.37. The molecule has 0 radical (unpaired) electrons. The topological polar surface area (TPSA) is 84.5 Å². The lowest BCUT2D eigenvalue weighted by Gasteiger charge is -2.32. The second kappa shape index (κ2) is 7.64. The van der Waals surface area contributed by atoms with Crippen molar-refractivity contribution < 1.29 is 9.72 Å². The molecular formula is C19H25N5O3. The van der Waals surface area contributed by atoms with Crippen molar-refractivity contribution in [3.8, 4) is 0 Å². The molecule has 0 spiro atoms. The number of aromatic nitrogens is 2. The third-order valence-electron chi connectivity index (χ3n) is 5.80. The number of nitro groups is 1. The van der Waals surface area contributed by atoms with E-state index in [4.69, 9.17) is 0 Å². The molecule has 2 aliphatic rings. The van der Waals surface area contributed by atoms with E-state index < -0.39 is 0 Å². The van der Waals surface area contributed by atoms with Gasteiger partial charge in [-0.1, -0.05) is 0 Å². The fourth-order valence-electron chi connectivity index (χ4n) is 4.15. The van der Waals surface area contributed by atoms with Gasteiger partial charge in [0.2, 0.25) is 5.91 Å². The molecule has 0 unspecified atom stereocenters. The smallest absolute Gasteiger partial charge is 0.271 e. The Morgan fingerprint density at radius 1 is 1.19 bits per heavy atom. The van der Waals surface area contributed by atoms with E-state index in [0.29, 0.717) is 24.9 Å². The highest BCUT2D eigenvalue weighted by Gasteiger charge is 2.25. The minimum atomic E-state index is -0.375. The average molecular weight is 371 g/mol. The first-order chi connectivity index (χ1) is 13.1. The van der Waals surface area contributed by atoms with E-state index in [1.165, 1.54) is 6.07 Å². The number of nitrogens with zero attached hydrogens (tertiary/aromatic N) is 5. The third-order valence-corrected chi connectivity index (χ3v) is 5.80. The molecule has 1 aromatic carbocycles. The molecule has 144 valence electrons. The highest BCUT2D eigenvalue weighted by atomic mass is 16.6. The predicted octanol–water partition coefficient (Wildman–Crippen LogP) is 2.63. The maximum absolute atomic E-state index is 12.3. The first kappa shape index (κ1) is 17.9. The van der Waals surface area contributed by atoms with Gasteiger partial charge < -0.3 is 4.90 Å². The Kier molecular flexibility index (Phi) is 5.07. The monoisotopic (exact) mass is 371 g/mol. The third kappa shape index (κ3) is 3.95. The molecule has 0 atom stereocenters. The Morgan fingerprint density at radius 2 is 1.93 bits per heavy atom. The molecule has 0 bridgehead atoms. The zero-order valence-corrected chi connectivity index (χ0v) is 15.4. The van der Waals surface area contributed by atoms with Gasteiger partial charge in [0.25, 0.3) is 5.69 Å². The summed E-state index contributed by atoms with van der Waals surface area (Å²) < 4.78 is 1.83. The van der Waals surface area contributed by atoms with Gasteiger partial charge in [-0.05, 0) is 37.7 Å². The number of amides is 1. The van der Waals surface area contributed by atoms with Crippen LogP contribution in [0.3, 0.4) is 0 Å². The van der Waals surface area contributed by atoms with Crippen LogP contribution in [0.25, 0.3) is 10.9 Å². The normalized spacial score (nSPS) is 19.0. The summed E-state index contributed by atoms with van der Waals surface area (Å²) in [6.45, 7) is 4.33. The van der Waals surface area contributed by atoms with Crippen molar-refractivity contribution in [2.24, 2.45) is 5.92 Å². The quantitative estimate of drug-likeness (QED) is 0.596. The lowest BCUT2D eigenvalue weighted by atomic mass is 9.93. The Balaban J connectivity index is 1.34. The van der Waals surface area contributed by atoms with Crippen LogP contribution in [0, 0.1) is 16.0 Å². The van der Waals surface area contributed by atoms with Crippen molar-refractivity contribution in [3.63, 3.8) is 0 Å². The molecule has 1 amide bonds. The molecule has 0 aliphatic carbocycles. The summed E-state index contributed by atoms with van der Waals surface area (Å²) in [5.41, 5.74) is 0.874. The summed E-state index contributed by atoms with van der Waals surface area (Å²) in [7, 11) is 0. The van der Waals surface area contributed by atoms with Crippen molar-refractivity contribution in [2.45, 2.75) is 38.8 Å². The second-order valence-electron chi connectivity index (χ2n) is 7.64. The molecule has 2 fully saturated rings. The van der Waals surface area contributed by atoms with Gasteiger partial charge >= 0.3 is 0 Å². The van der Waals surface area contributed by atoms with Crippen molar-refractivity contribution >= 4 is 22.5 Å². The first-order valence-corrected chi connectivity index (χ1v) is 9.70. The SMILES string of the molecule is O=C(CC1CCN(Cn2ncc3ccc([N+](=O)[O-])cc32)CC1)N1CCCC1. The number of carbonyl (C=O) groups excluding carboxylic acids is 1. The highest BCUT2D eigenvalue weighted by Crippen LogP contribution is 2.25. The number of nitro benzene ring substituents is 1. The molecule has 4 rings (SSSR count). The molecule has 2 saturated heterocycles. The van der Waals surface area contributed by atoms with Crippen LogP contribution in [0.2, 0.25) is 0 Å². The molecule has 0 N–H and O–H groups in total. The van der Waals surface area contributed by atoms with Gasteiger partial charge in [0.15, 0.2) is 0 Å². The molecule has 27 heavy (non-hydrogen) atoms. The van der Waals surface area contributed by atoms with E-state index >= 15 is 0 Å². The first-order valence-electron chi connectivity index (χ1n) is 9.70. The highest BCUT2D eigenvalue weighted by molar-refractivity contribution is 5.81. The number of piperidine rings is 1. The van der Waals surface area contributed by atoms with Crippen LogP contribution < -0.4 is 0 Å². The van der Waals surface area contributed by atoms with Gasteiger partial charge in [-0.2, -0.15) is 5.10 Å². The van der Waals surface area contributed by atoms with Crippen molar-refractivity contribution in [2.75, 3.05) is 26.2 Å². The zero-order valence-electron chi connectivity index (χ0n) is 15.4. The van der Waals surface area contributed by atoms with Crippen LogP contribution in [-0.2, 0) is 11.5 Å². The maximum Gasteiger partial charge on any atom is 0.271 e. The maximum atomic E-state index is 12.3. The summed E-state index contributed by atoms with van der Waals surface area (Å²) in [6.07, 6.45) is 6.73. The van der Waals surface area contributed by atoms with Crippen LogP contribution in [0.15, 0.2) is 24.4 Å². The summed E-state index contributed by atoms with van der Waals surface area (Å²) in [4.78, 5) is 27.3. The van der Waals surface area contributed by atoms with Crippen molar-refractivity contribution in [1.29, 1.82) is 0 Å². The average Bonchev–Trinajstić information content (AvgIpc) is 3.33. The van der Waals surface area contributed by atoms with Crippen molar-refractivity contribution in [1.82, 2.24) is 19.6 Å². The fourth-order valence-corrected chi connectivity index (χ4v) is 4.15. The van der Waals surface area contributed by atoms with Crippen LogP contribution in [0.4, 0.5) is 5.69 Å². The van der Waals surface area contributed by atoms with E-state index in [0.717, 1.165) is 62.8 Å². The molecule has 0 saturated carbocycles. The number of benzene rings is 1. The number of likely N-dealkylation sites (tertiary alicyclic amines) is 2. The van der Waals surface area contributed by atoms with Crippen LogP contribution in [-0.4, -0.2) is 56.6 Å². The fraction of sp³-hybridized carbons (Fsp3) is 0.579. The molecule has 2 aromatic rings. The van der Waals surface area contributed by atoms with E-state index in [1.807, 2.05) is 9.58 Å². The Labute approximate surface area is 157 Å². The standard InChI is InChI=1S/C19H25N5O3/c25-19(22-7-1-2-8-22)11-15-5-9-21(10-6-15)14-23-18-12-17(24(26)27)4-3-16(18)13-20-23/h3-4,12-13,15H,1-2,5-11,14H2. The molecule has 3 heterocycles. The summed E-state index contributed by atoms with van der Waals surface area (Å²) in [5, 5.41) is 16.3. The largest absolute Gasteiger partial charge is 0.343 e. The van der Waals surface area contributed by atoms with Crippen LogP contribution >= 0.6 is 0 Å². The van der Waals surface area contributed by atoms with Crippen LogP contribution in [0.1, 0.15) is 32.1 Å². The van der Waals surface area contributed by atoms with Gasteiger partial charge in [0.1, 0.15) is 0 Å². The molecule has 8 nitrogen and oxygen atoms in total. The van der Waals surface area contributed by atoms with Crippen LogP contribution in [0.5, 0.6) is 0 Å². The van der Waals surface area contributed by atoms with E-state index in [-0.39, 0.29) is 10.6 Å². The molecule has 2 aliphatic heterocycles. The summed E-state index contributed by atoms with van der Waals surface area (Å²) in [6, 6.07) is 4.84. The minimum Gasteiger partial charge on any atom is -0.343 e. The number of fused-ring (bicyclic) bond motifs is 1. The van der Waals surface area contributed by atoms with Gasteiger partial charge in [0, 0.05) is 50.1 Å².